The average Bonchev–Trinajstić information content (AvgIpc) is 2.91. The summed E-state index contributed by atoms with van der Waals surface area (Å²) in [6.07, 6.45) is 0.239. The van der Waals surface area contributed by atoms with E-state index in [0.29, 0.717) is 18.1 Å². The Hall–Kier alpha value is -2.48. The topological polar surface area (TPSA) is 80.3 Å². The summed E-state index contributed by atoms with van der Waals surface area (Å²) in [4.78, 5) is 28.9. The number of carbonyl (C=O) groups excluding carboxylic acids is 2. The van der Waals surface area contributed by atoms with E-state index in [1.165, 1.54) is 23.5 Å². The van der Waals surface area contributed by atoms with E-state index < -0.39 is 11.7 Å². The summed E-state index contributed by atoms with van der Waals surface area (Å²) in [5.74, 6) is -0.486. The van der Waals surface area contributed by atoms with Gasteiger partial charge in [-0.3, -0.25) is 4.79 Å². The summed E-state index contributed by atoms with van der Waals surface area (Å²) in [5, 5.41) is 5.87. The molecule has 0 atom stereocenters. The molecule has 0 radical (unpaired) electrons. The maximum atomic E-state index is 13.0. The van der Waals surface area contributed by atoms with Crippen LogP contribution in [0.3, 0.4) is 0 Å². The van der Waals surface area contributed by atoms with Gasteiger partial charge in [0.25, 0.3) is 0 Å². The molecule has 2 N–H and O–H groups in total. The molecule has 146 valence electrons. The van der Waals surface area contributed by atoms with Gasteiger partial charge in [-0.15, -0.1) is 11.3 Å². The number of halogens is 1. The molecular weight excluding hydrogens is 369 g/mol. The highest BCUT2D eigenvalue weighted by Crippen LogP contribution is 2.30. The van der Waals surface area contributed by atoms with Gasteiger partial charge in [0, 0.05) is 23.4 Å². The highest BCUT2D eigenvalue weighted by molar-refractivity contribution is 7.16. The van der Waals surface area contributed by atoms with E-state index in [9.17, 15) is 14.0 Å². The summed E-state index contributed by atoms with van der Waals surface area (Å²) in [7, 11) is 0. The van der Waals surface area contributed by atoms with Gasteiger partial charge in [-0.1, -0.05) is 0 Å². The van der Waals surface area contributed by atoms with Gasteiger partial charge >= 0.3 is 6.09 Å². The number of anilines is 1. The van der Waals surface area contributed by atoms with Crippen LogP contribution in [0.1, 0.15) is 38.5 Å². The summed E-state index contributed by atoms with van der Waals surface area (Å²) >= 11 is 1.37. The quantitative estimate of drug-likeness (QED) is 0.708. The lowest BCUT2D eigenvalue weighted by Crippen LogP contribution is -2.33. The molecule has 0 saturated carbocycles. The van der Waals surface area contributed by atoms with E-state index in [4.69, 9.17) is 4.74 Å². The number of aromatic nitrogens is 1. The fourth-order valence-electron chi connectivity index (χ4n) is 2.26. The predicted octanol–water partition coefficient (Wildman–Crippen LogP) is 4.50. The second-order valence-corrected chi connectivity index (χ2v) is 8.21. The van der Waals surface area contributed by atoms with Crippen molar-refractivity contribution in [2.24, 2.45) is 0 Å². The summed E-state index contributed by atoms with van der Waals surface area (Å²) in [6, 6.07) is 6.07. The van der Waals surface area contributed by atoms with Crippen LogP contribution in [0, 0.1) is 12.7 Å². The average molecular weight is 393 g/mol. The van der Waals surface area contributed by atoms with Crippen molar-refractivity contribution in [2.75, 3.05) is 11.9 Å². The maximum absolute atomic E-state index is 13.0. The first-order chi connectivity index (χ1) is 12.6. The number of aryl methyl sites for hydroxylation is 1. The molecule has 0 spiro atoms. The molecule has 2 amide bonds. The van der Waals surface area contributed by atoms with Crippen LogP contribution >= 0.6 is 11.3 Å². The lowest BCUT2D eigenvalue weighted by molar-refractivity contribution is -0.116. The van der Waals surface area contributed by atoms with Crippen LogP contribution in [0.4, 0.5) is 14.3 Å². The zero-order valence-corrected chi connectivity index (χ0v) is 16.7. The molecule has 1 aromatic heterocycles. The van der Waals surface area contributed by atoms with Crippen LogP contribution in [0.25, 0.3) is 11.3 Å². The molecule has 0 fully saturated rings. The Morgan fingerprint density at radius 1 is 1.22 bits per heavy atom. The van der Waals surface area contributed by atoms with E-state index in [0.717, 1.165) is 16.1 Å². The Morgan fingerprint density at radius 2 is 1.89 bits per heavy atom. The molecule has 0 aliphatic heterocycles. The lowest BCUT2D eigenvalue weighted by atomic mass is 10.1. The molecule has 0 unspecified atom stereocenters. The first-order valence-corrected chi connectivity index (χ1v) is 9.46. The van der Waals surface area contributed by atoms with Gasteiger partial charge in [0.1, 0.15) is 11.4 Å². The lowest BCUT2D eigenvalue weighted by Gasteiger charge is -2.19. The molecular formula is C19H24FN3O3S. The Bertz CT molecular complexity index is 798. The number of nitrogens with zero attached hydrogens (tertiary/aromatic N) is 1. The van der Waals surface area contributed by atoms with Gasteiger partial charge in [0.15, 0.2) is 5.13 Å². The van der Waals surface area contributed by atoms with Crippen LogP contribution in [-0.2, 0) is 9.53 Å². The zero-order valence-electron chi connectivity index (χ0n) is 15.9. The zero-order chi connectivity index (χ0) is 20.0. The molecule has 6 nitrogen and oxygen atoms in total. The first-order valence-electron chi connectivity index (χ1n) is 8.64. The minimum atomic E-state index is -0.549. The molecule has 8 heteroatoms. The van der Waals surface area contributed by atoms with Gasteiger partial charge in [-0.25, -0.2) is 14.2 Å². The monoisotopic (exact) mass is 393 g/mol. The molecule has 0 aliphatic carbocycles. The van der Waals surface area contributed by atoms with Gasteiger partial charge in [0.2, 0.25) is 5.91 Å². The van der Waals surface area contributed by atoms with Crippen LogP contribution in [-0.4, -0.2) is 29.1 Å². The Labute approximate surface area is 162 Å². The van der Waals surface area contributed by atoms with Crippen LogP contribution in [0.2, 0.25) is 0 Å². The fraction of sp³-hybridized carbons (Fsp3) is 0.421. The largest absolute Gasteiger partial charge is 0.444 e. The van der Waals surface area contributed by atoms with E-state index in [1.807, 2.05) is 6.92 Å². The minimum Gasteiger partial charge on any atom is -0.444 e. The number of ether oxygens (including phenoxy) is 1. The number of thiazole rings is 1. The molecule has 1 heterocycles. The number of rotatable bonds is 6. The number of hydrogen-bond acceptors (Lipinski definition) is 5. The summed E-state index contributed by atoms with van der Waals surface area (Å²) < 4.78 is 18.2. The third-order valence-corrected chi connectivity index (χ3v) is 4.30. The van der Waals surface area contributed by atoms with Crippen molar-refractivity contribution < 1.29 is 18.7 Å². The Morgan fingerprint density at radius 3 is 2.52 bits per heavy atom. The Balaban J connectivity index is 1.80. The van der Waals surface area contributed by atoms with Crippen molar-refractivity contribution in [3.8, 4) is 11.3 Å². The van der Waals surface area contributed by atoms with Crippen LogP contribution in [0.5, 0.6) is 0 Å². The van der Waals surface area contributed by atoms with Crippen molar-refractivity contribution in [1.29, 1.82) is 0 Å². The van der Waals surface area contributed by atoms with Gasteiger partial charge in [-0.2, -0.15) is 0 Å². The van der Waals surface area contributed by atoms with Crippen molar-refractivity contribution in [2.45, 2.75) is 46.1 Å². The number of benzene rings is 1. The van der Waals surface area contributed by atoms with Crippen molar-refractivity contribution in [3.05, 3.63) is 35.0 Å². The summed E-state index contributed by atoms with van der Waals surface area (Å²) in [6.45, 7) is 7.61. The van der Waals surface area contributed by atoms with E-state index in [-0.39, 0.29) is 18.1 Å². The number of hydrogen-bond donors (Lipinski definition) is 2. The third kappa shape index (κ3) is 6.97. The molecule has 0 bridgehead atoms. The predicted molar refractivity (Wildman–Crippen MR) is 104 cm³/mol. The molecule has 27 heavy (non-hydrogen) atoms. The molecule has 0 aliphatic rings. The summed E-state index contributed by atoms with van der Waals surface area (Å²) in [5.41, 5.74) is 0.973. The second kappa shape index (κ2) is 8.94. The van der Waals surface area contributed by atoms with E-state index >= 15 is 0 Å². The molecule has 2 rings (SSSR count). The SMILES string of the molecule is Cc1sc(NC(=O)CCCNC(=O)OC(C)(C)C)nc1-c1ccc(F)cc1. The highest BCUT2D eigenvalue weighted by atomic mass is 32.1. The molecule has 1 aromatic carbocycles. The normalized spacial score (nSPS) is 11.1. The van der Waals surface area contributed by atoms with Crippen LogP contribution < -0.4 is 10.6 Å². The van der Waals surface area contributed by atoms with Crippen molar-refractivity contribution in [3.63, 3.8) is 0 Å². The standard InChI is InChI=1S/C19H24FN3O3S/c1-12-16(13-7-9-14(20)10-8-13)23-17(27-12)22-15(24)6-5-11-21-18(25)26-19(2,3)4/h7-10H,5-6,11H2,1-4H3,(H,21,25)(H,22,23,24). The number of alkyl carbamates (subject to hydrolysis) is 1. The van der Waals surface area contributed by atoms with Gasteiger partial charge in [-0.05, 0) is 58.4 Å². The van der Waals surface area contributed by atoms with Gasteiger partial charge in [0.05, 0.1) is 5.69 Å². The second-order valence-electron chi connectivity index (χ2n) is 7.01. The van der Waals surface area contributed by atoms with E-state index in [1.54, 1.807) is 32.9 Å². The minimum absolute atomic E-state index is 0.180. The van der Waals surface area contributed by atoms with E-state index in [2.05, 4.69) is 15.6 Å². The number of carbonyl (C=O) groups is 2. The van der Waals surface area contributed by atoms with Gasteiger partial charge < -0.3 is 15.4 Å². The number of amides is 2. The maximum Gasteiger partial charge on any atom is 0.407 e. The number of nitrogens with one attached hydrogen (secondary N) is 2. The fourth-order valence-corrected chi connectivity index (χ4v) is 3.11. The smallest absolute Gasteiger partial charge is 0.407 e. The van der Waals surface area contributed by atoms with Crippen molar-refractivity contribution >= 4 is 28.5 Å². The Kier molecular flexibility index (Phi) is 6.90. The molecule has 0 saturated heterocycles. The molecule has 2 aromatic rings. The highest BCUT2D eigenvalue weighted by Gasteiger charge is 2.16. The van der Waals surface area contributed by atoms with Crippen molar-refractivity contribution in [1.82, 2.24) is 10.3 Å². The first kappa shape index (κ1) is 20.8. The van der Waals surface area contributed by atoms with Crippen LogP contribution in [0.15, 0.2) is 24.3 Å². The third-order valence-electron chi connectivity index (χ3n) is 3.41.